The van der Waals surface area contributed by atoms with Crippen LogP contribution in [0.4, 0.5) is 0 Å². The molecule has 1 saturated heterocycles. The predicted octanol–water partition coefficient (Wildman–Crippen LogP) is 0.887. The molecular formula is C15H24ClN3O2. The van der Waals surface area contributed by atoms with Crippen molar-refractivity contribution >= 4 is 18.3 Å². The second kappa shape index (κ2) is 8.34. The summed E-state index contributed by atoms with van der Waals surface area (Å²) in [6, 6.07) is 7.77. The summed E-state index contributed by atoms with van der Waals surface area (Å²) in [5.41, 5.74) is 1.89. The molecule has 0 spiro atoms. The first-order chi connectivity index (χ1) is 9.60. The molecular weight excluding hydrogens is 290 g/mol. The van der Waals surface area contributed by atoms with Gasteiger partial charge in [-0.3, -0.25) is 4.79 Å². The van der Waals surface area contributed by atoms with Gasteiger partial charge in [0, 0.05) is 32.3 Å². The molecule has 0 radical (unpaired) electrons. The monoisotopic (exact) mass is 313 g/mol. The third-order valence-corrected chi connectivity index (χ3v) is 3.49. The fraction of sp³-hybridized carbons (Fsp3) is 0.533. The van der Waals surface area contributed by atoms with Crippen molar-refractivity contribution in [3.8, 4) is 0 Å². The maximum atomic E-state index is 12.2. The molecule has 2 N–H and O–H groups in total. The largest absolute Gasteiger partial charge is 0.378 e. The highest BCUT2D eigenvalue weighted by molar-refractivity contribution is 5.94. The highest BCUT2D eigenvalue weighted by Gasteiger charge is 2.28. The van der Waals surface area contributed by atoms with Crippen molar-refractivity contribution < 1.29 is 9.53 Å². The van der Waals surface area contributed by atoms with Crippen LogP contribution in [0.3, 0.4) is 0 Å². The Bertz CT molecular complexity index is 451. The third kappa shape index (κ3) is 4.97. The minimum Gasteiger partial charge on any atom is -0.378 e. The molecule has 118 valence electrons. The Hall–Kier alpha value is -1.14. The molecule has 1 aliphatic rings. The van der Waals surface area contributed by atoms with E-state index >= 15 is 0 Å². The highest BCUT2D eigenvalue weighted by Crippen LogP contribution is 2.09. The Kier molecular flexibility index (Phi) is 7.11. The standard InChI is InChI=1S/C15H23N3O2.ClH/c1-18(2)10-11-4-6-12(7-5-11)15(19)17-13-8-16-9-14(13)20-3;/h4-7,13-14,16H,8-10H2,1-3H3,(H,17,19);1H/t13?,14-;/m0./s1. The van der Waals surface area contributed by atoms with Gasteiger partial charge in [-0.2, -0.15) is 0 Å². The molecule has 6 heteroatoms. The minimum absolute atomic E-state index is 0. The highest BCUT2D eigenvalue weighted by atomic mass is 35.5. The summed E-state index contributed by atoms with van der Waals surface area (Å²) >= 11 is 0. The van der Waals surface area contributed by atoms with Crippen LogP contribution >= 0.6 is 12.4 Å². The smallest absolute Gasteiger partial charge is 0.251 e. The number of rotatable bonds is 5. The second-order valence-corrected chi connectivity index (χ2v) is 5.45. The lowest BCUT2D eigenvalue weighted by Gasteiger charge is -2.18. The van der Waals surface area contributed by atoms with Gasteiger partial charge in [-0.05, 0) is 31.8 Å². The molecule has 0 aromatic heterocycles. The van der Waals surface area contributed by atoms with Gasteiger partial charge in [0.2, 0.25) is 0 Å². The van der Waals surface area contributed by atoms with Crippen LogP contribution < -0.4 is 10.6 Å². The minimum atomic E-state index is -0.0443. The van der Waals surface area contributed by atoms with Crippen molar-refractivity contribution in [1.82, 2.24) is 15.5 Å². The van der Waals surface area contributed by atoms with Gasteiger partial charge in [0.1, 0.15) is 0 Å². The lowest BCUT2D eigenvalue weighted by molar-refractivity contribution is 0.0780. The molecule has 1 unspecified atom stereocenters. The van der Waals surface area contributed by atoms with Crippen molar-refractivity contribution in [3.05, 3.63) is 35.4 Å². The summed E-state index contributed by atoms with van der Waals surface area (Å²) in [7, 11) is 5.73. The number of halogens is 1. The van der Waals surface area contributed by atoms with Gasteiger partial charge >= 0.3 is 0 Å². The zero-order valence-corrected chi connectivity index (χ0v) is 13.6. The summed E-state index contributed by atoms with van der Waals surface area (Å²) in [5, 5.41) is 6.24. The summed E-state index contributed by atoms with van der Waals surface area (Å²) in [6.07, 6.45) is 0.0481. The van der Waals surface area contributed by atoms with Gasteiger partial charge < -0.3 is 20.3 Å². The summed E-state index contributed by atoms with van der Waals surface area (Å²) in [5.74, 6) is -0.0443. The Labute approximate surface area is 132 Å². The molecule has 0 bridgehead atoms. The molecule has 2 rings (SSSR count). The van der Waals surface area contributed by atoms with Gasteiger partial charge in [0.25, 0.3) is 5.91 Å². The van der Waals surface area contributed by atoms with Gasteiger partial charge in [0.15, 0.2) is 0 Å². The third-order valence-electron chi connectivity index (χ3n) is 3.49. The Balaban J connectivity index is 0.00000220. The maximum Gasteiger partial charge on any atom is 0.251 e. The van der Waals surface area contributed by atoms with E-state index in [-0.39, 0.29) is 30.5 Å². The van der Waals surface area contributed by atoms with E-state index in [9.17, 15) is 4.79 Å². The molecule has 1 amide bonds. The average Bonchev–Trinajstić information content (AvgIpc) is 2.86. The van der Waals surface area contributed by atoms with Crippen LogP contribution in [-0.4, -0.2) is 57.2 Å². The Morgan fingerprint density at radius 2 is 2.00 bits per heavy atom. The molecule has 1 aromatic carbocycles. The number of methoxy groups -OCH3 is 1. The van der Waals surface area contributed by atoms with Gasteiger partial charge in [0.05, 0.1) is 12.1 Å². The summed E-state index contributed by atoms with van der Waals surface area (Å²) in [6.45, 7) is 2.41. The number of nitrogens with one attached hydrogen (secondary N) is 2. The molecule has 2 atom stereocenters. The Morgan fingerprint density at radius 1 is 1.33 bits per heavy atom. The van der Waals surface area contributed by atoms with Crippen LogP contribution in [0.25, 0.3) is 0 Å². The van der Waals surface area contributed by atoms with E-state index in [0.717, 1.165) is 19.6 Å². The predicted molar refractivity (Wildman–Crippen MR) is 86.0 cm³/mol. The quantitative estimate of drug-likeness (QED) is 0.847. The van der Waals surface area contributed by atoms with Crippen LogP contribution in [-0.2, 0) is 11.3 Å². The average molecular weight is 314 g/mol. The zero-order chi connectivity index (χ0) is 14.5. The van der Waals surface area contributed by atoms with Crippen LogP contribution in [0, 0.1) is 0 Å². The van der Waals surface area contributed by atoms with E-state index in [1.165, 1.54) is 5.56 Å². The number of hydrogen-bond acceptors (Lipinski definition) is 4. The van der Waals surface area contributed by atoms with E-state index in [2.05, 4.69) is 15.5 Å². The SMILES string of the molecule is CO[C@H]1CNCC1NC(=O)c1ccc(CN(C)C)cc1.Cl. The van der Waals surface area contributed by atoms with Crippen molar-refractivity contribution in [2.24, 2.45) is 0 Å². The maximum absolute atomic E-state index is 12.2. The number of hydrogen-bond donors (Lipinski definition) is 2. The van der Waals surface area contributed by atoms with Crippen molar-refractivity contribution in [2.45, 2.75) is 18.7 Å². The first-order valence-electron chi connectivity index (χ1n) is 6.88. The Morgan fingerprint density at radius 3 is 2.57 bits per heavy atom. The van der Waals surface area contributed by atoms with E-state index in [1.807, 2.05) is 38.4 Å². The zero-order valence-electron chi connectivity index (χ0n) is 12.8. The second-order valence-electron chi connectivity index (χ2n) is 5.45. The molecule has 0 aliphatic carbocycles. The molecule has 5 nitrogen and oxygen atoms in total. The molecule has 21 heavy (non-hydrogen) atoms. The number of carbonyl (C=O) groups is 1. The fourth-order valence-electron chi connectivity index (χ4n) is 2.42. The van der Waals surface area contributed by atoms with Crippen molar-refractivity contribution in [2.75, 3.05) is 34.3 Å². The van der Waals surface area contributed by atoms with Crippen LogP contribution in [0.15, 0.2) is 24.3 Å². The van der Waals surface area contributed by atoms with E-state index in [1.54, 1.807) is 7.11 Å². The number of carbonyl (C=O) groups excluding carboxylic acids is 1. The van der Waals surface area contributed by atoms with Gasteiger partial charge in [-0.1, -0.05) is 12.1 Å². The molecule has 0 saturated carbocycles. The summed E-state index contributed by atoms with van der Waals surface area (Å²) in [4.78, 5) is 14.3. The van der Waals surface area contributed by atoms with Crippen LogP contribution in [0.2, 0.25) is 0 Å². The normalized spacial score (nSPS) is 21.1. The topological polar surface area (TPSA) is 53.6 Å². The first-order valence-corrected chi connectivity index (χ1v) is 6.88. The first kappa shape index (κ1) is 17.9. The van der Waals surface area contributed by atoms with Crippen molar-refractivity contribution in [3.63, 3.8) is 0 Å². The van der Waals surface area contributed by atoms with Crippen LogP contribution in [0.5, 0.6) is 0 Å². The number of nitrogens with zero attached hydrogens (tertiary/aromatic N) is 1. The van der Waals surface area contributed by atoms with Crippen LogP contribution in [0.1, 0.15) is 15.9 Å². The van der Waals surface area contributed by atoms with Crippen molar-refractivity contribution in [1.29, 1.82) is 0 Å². The summed E-state index contributed by atoms with van der Waals surface area (Å²) < 4.78 is 5.34. The van der Waals surface area contributed by atoms with E-state index in [4.69, 9.17) is 4.74 Å². The fourth-order valence-corrected chi connectivity index (χ4v) is 2.42. The van der Waals surface area contributed by atoms with E-state index < -0.39 is 0 Å². The number of amides is 1. The van der Waals surface area contributed by atoms with E-state index in [0.29, 0.717) is 5.56 Å². The molecule has 1 fully saturated rings. The lowest BCUT2D eigenvalue weighted by atomic mass is 10.1. The molecule has 1 aromatic rings. The van der Waals surface area contributed by atoms with Gasteiger partial charge in [-0.25, -0.2) is 0 Å². The number of benzene rings is 1. The molecule has 1 aliphatic heterocycles. The number of ether oxygens (including phenoxy) is 1. The molecule has 1 heterocycles. The van der Waals surface area contributed by atoms with Gasteiger partial charge in [-0.15, -0.1) is 12.4 Å². The lowest BCUT2D eigenvalue weighted by Crippen LogP contribution is -2.43.